The summed E-state index contributed by atoms with van der Waals surface area (Å²) in [6.07, 6.45) is 1.90. The van der Waals surface area contributed by atoms with Crippen molar-refractivity contribution >= 4 is 17.8 Å². The van der Waals surface area contributed by atoms with Crippen LogP contribution in [0.3, 0.4) is 0 Å². The van der Waals surface area contributed by atoms with Crippen molar-refractivity contribution in [2.45, 2.75) is 51.4 Å². The average molecular weight is 623 g/mol. The summed E-state index contributed by atoms with van der Waals surface area (Å²) < 4.78 is 74.9. The largest absolute Gasteiger partial charge is 0.489 e. The first-order chi connectivity index (χ1) is 20.9. The van der Waals surface area contributed by atoms with Crippen molar-refractivity contribution in [1.82, 2.24) is 15.6 Å². The molecule has 2 aromatic carbocycles. The third kappa shape index (κ3) is 7.83. The second kappa shape index (κ2) is 13.8. The molecule has 1 fully saturated rings. The number of alkyl halides is 2. The zero-order valence-corrected chi connectivity index (χ0v) is 23.9. The minimum absolute atomic E-state index is 0.00416. The number of nitrogens with two attached hydrogens (primary N) is 1. The summed E-state index contributed by atoms with van der Waals surface area (Å²) in [6.45, 7) is -0.0161. The monoisotopic (exact) mass is 622 g/mol. The van der Waals surface area contributed by atoms with Crippen LogP contribution in [0.4, 0.5) is 17.6 Å². The van der Waals surface area contributed by atoms with Crippen LogP contribution in [0.2, 0.25) is 0 Å². The molecule has 0 spiro atoms. The Morgan fingerprint density at radius 2 is 1.80 bits per heavy atom. The van der Waals surface area contributed by atoms with Gasteiger partial charge in [-0.15, -0.1) is 0 Å². The van der Waals surface area contributed by atoms with E-state index in [0.717, 1.165) is 32.1 Å². The molecule has 1 unspecified atom stereocenters. The van der Waals surface area contributed by atoms with Gasteiger partial charge in [-0.3, -0.25) is 9.59 Å². The van der Waals surface area contributed by atoms with Crippen LogP contribution in [0.1, 0.15) is 60.6 Å². The van der Waals surface area contributed by atoms with Crippen molar-refractivity contribution in [2.75, 3.05) is 13.7 Å². The lowest BCUT2D eigenvalue weighted by molar-refractivity contribution is -0.144. The number of rotatable bonds is 13. The lowest BCUT2D eigenvalue weighted by atomic mass is 10.0. The number of nitrogens with zero attached hydrogens (tertiary/aromatic N) is 1. The van der Waals surface area contributed by atoms with E-state index in [9.17, 15) is 31.9 Å². The van der Waals surface area contributed by atoms with E-state index in [4.69, 9.17) is 14.9 Å². The maximum Gasteiger partial charge on any atom is 0.387 e. The van der Waals surface area contributed by atoms with E-state index >= 15 is 0 Å². The van der Waals surface area contributed by atoms with Crippen molar-refractivity contribution in [1.29, 1.82) is 0 Å². The lowest BCUT2D eigenvalue weighted by Gasteiger charge is -2.21. The fraction of sp³-hybridized carbons (Fsp3) is 0.379. The highest BCUT2D eigenvalue weighted by Crippen LogP contribution is 2.37. The zero-order valence-electron chi connectivity index (χ0n) is 23.9. The predicted molar refractivity (Wildman–Crippen MR) is 146 cm³/mol. The highest BCUT2D eigenvalue weighted by Gasteiger charge is 2.32. The minimum Gasteiger partial charge on any atom is -0.489 e. The summed E-state index contributed by atoms with van der Waals surface area (Å²) in [5.74, 6) is -5.09. The molecule has 0 bridgehead atoms. The van der Waals surface area contributed by atoms with Crippen LogP contribution in [0.25, 0.3) is 11.5 Å². The van der Waals surface area contributed by atoms with E-state index in [0.29, 0.717) is 12.0 Å². The molecular formula is C29H30F4N4O7. The fourth-order valence-corrected chi connectivity index (χ4v) is 4.12. The summed E-state index contributed by atoms with van der Waals surface area (Å²) in [5.41, 5.74) is 5.47. The number of hydrogen-bond acceptors (Lipinski definition) is 9. The normalized spacial score (nSPS) is 14.8. The molecule has 15 heteroatoms. The molecule has 4 N–H and O–H groups in total. The van der Waals surface area contributed by atoms with Crippen molar-refractivity contribution < 1.29 is 50.6 Å². The number of carbonyl (C=O) groups is 3. The number of aromatic nitrogens is 1. The molecular weight excluding hydrogens is 592 g/mol. The zero-order chi connectivity index (χ0) is 32.1. The van der Waals surface area contributed by atoms with Gasteiger partial charge >= 0.3 is 12.6 Å². The molecule has 0 radical (unpaired) electrons. The molecule has 0 aliphatic heterocycles. The molecule has 3 atom stereocenters. The standard InChI is InChI=1S/C29H30F4N4O7/c1-13(34)24-23(37-27(44-24)16-6-9-20(43-29(32)33)21(10-16)42-12-15-4-5-15)26(39)36-22(18-8-7-17(30)11-19(18)31)25(38)35-14(2)28(40)41-3/h6-11,13-15,22,29H,4-5,12,34H2,1-3H3,(H,35,38)(H,36,39)/t13-,14-,22?/m0/s1. The number of oxazole rings is 1. The molecule has 11 nitrogen and oxygen atoms in total. The SMILES string of the molecule is COC(=O)[C@H](C)NC(=O)C(NC(=O)c1nc(-c2ccc(OC(F)F)c(OCC3CC3)c2)oc1[C@H](C)N)c1ccc(F)cc1F. The Morgan fingerprint density at radius 3 is 2.41 bits per heavy atom. The number of nitrogens with one attached hydrogen (secondary N) is 2. The summed E-state index contributed by atoms with van der Waals surface area (Å²) >= 11 is 0. The number of halogens is 4. The van der Waals surface area contributed by atoms with Crippen LogP contribution in [0.5, 0.6) is 11.5 Å². The van der Waals surface area contributed by atoms with Gasteiger partial charge in [0.2, 0.25) is 11.8 Å². The van der Waals surface area contributed by atoms with Gasteiger partial charge in [-0.05, 0) is 56.9 Å². The van der Waals surface area contributed by atoms with Crippen LogP contribution in [0, 0.1) is 17.6 Å². The van der Waals surface area contributed by atoms with Gasteiger partial charge in [-0.2, -0.15) is 8.78 Å². The van der Waals surface area contributed by atoms with Gasteiger partial charge in [0.15, 0.2) is 23.0 Å². The number of hydrogen-bond donors (Lipinski definition) is 3. The topological polar surface area (TPSA) is 155 Å². The van der Waals surface area contributed by atoms with Crippen LogP contribution < -0.4 is 25.8 Å². The van der Waals surface area contributed by atoms with Crippen LogP contribution in [-0.4, -0.2) is 49.1 Å². The van der Waals surface area contributed by atoms with Crippen LogP contribution in [0.15, 0.2) is 40.8 Å². The summed E-state index contributed by atoms with van der Waals surface area (Å²) in [5, 5.41) is 4.65. The van der Waals surface area contributed by atoms with Gasteiger partial charge in [0.05, 0.1) is 19.8 Å². The van der Waals surface area contributed by atoms with Gasteiger partial charge in [0.25, 0.3) is 5.91 Å². The first-order valence-corrected chi connectivity index (χ1v) is 13.5. The van der Waals surface area contributed by atoms with Crippen LogP contribution in [-0.2, 0) is 14.3 Å². The third-order valence-electron chi connectivity index (χ3n) is 6.58. The number of amides is 2. The van der Waals surface area contributed by atoms with Crippen molar-refractivity contribution in [3.8, 4) is 23.0 Å². The first-order valence-electron chi connectivity index (χ1n) is 13.5. The maximum absolute atomic E-state index is 14.8. The molecule has 1 heterocycles. The van der Waals surface area contributed by atoms with E-state index in [2.05, 4.69) is 25.1 Å². The Hall–Kier alpha value is -4.66. The Labute approximate surface area is 249 Å². The van der Waals surface area contributed by atoms with Gasteiger partial charge in [-0.25, -0.2) is 18.6 Å². The van der Waals surface area contributed by atoms with Crippen molar-refractivity contribution in [3.05, 3.63) is 65.1 Å². The Balaban J connectivity index is 1.67. The molecule has 1 aliphatic rings. The maximum atomic E-state index is 14.8. The number of methoxy groups -OCH3 is 1. The third-order valence-corrected chi connectivity index (χ3v) is 6.58. The number of carbonyl (C=O) groups excluding carboxylic acids is 3. The van der Waals surface area contributed by atoms with Crippen LogP contribution >= 0.6 is 0 Å². The Bertz CT molecular complexity index is 1530. The second-order valence-electron chi connectivity index (χ2n) is 10.1. The van der Waals surface area contributed by atoms with Crippen molar-refractivity contribution in [3.63, 3.8) is 0 Å². The number of esters is 1. The Morgan fingerprint density at radius 1 is 1.07 bits per heavy atom. The lowest BCUT2D eigenvalue weighted by Crippen LogP contribution is -2.46. The summed E-state index contributed by atoms with van der Waals surface area (Å²) in [6, 6.07) is 2.49. The van der Waals surface area contributed by atoms with Gasteiger partial charge in [-0.1, -0.05) is 6.07 Å². The summed E-state index contributed by atoms with van der Waals surface area (Å²) in [4.78, 5) is 42.7. The molecule has 4 rings (SSSR count). The van der Waals surface area contributed by atoms with Gasteiger partial charge in [0.1, 0.15) is 23.7 Å². The quantitative estimate of drug-likeness (QED) is 0.188. The fourth-order valence-electron chi connectivity index (χ4n) is 4.12. The molecule has 0 saturated heterocycles. The van der Waals surface area contributed by atoms with E-state index in [-0.39, 0.29) is 41.0 Å². The van der Waals surface area contributed by atoms with E-state index in [1.54, 1.807) is 0 Å². The van der Waals surface area contributed by atoms with E-state index < -0.39 is 59.7 Å². The summed E-state index contributed by atoms with van der Waals surface area (Å²) in [7, 11) is 1.10. The molecule has 2 amide bonds. The molecule has 1 aromatic heterocycles. The molecule has 1 saturated carbocycles. The molecule has 236 valence electrons. The molecule has 3 aromatic rings. The highest BCUT2D eigenvalue weighted by atomic mass is 19.3. The van der Waals surface area contributed by atoms with Gasteiger partial charge < -0.3 is 35.0 Å². The minimum atomic E-state index is -3.10. The average Bonchev–Trinajstić information content (AvgIpc) is 3.69. The van der Waals surface area contributed by atoms with Crippen molar-refractivity contribution in [2.24, 2.45) is 11.7 Å². The smallest absolute Gasteiger partial charge is 0.387 e. The van der Waals surface area contributed by atoms with E-state index in [1.807, 2.05) is 0 Å². The number of ether oxygens (including phenoxy) is 3. The first kappa shape index (κ1) is 32.3. The predicted octanol–water partition coefficient (Wildman–Crippen LogP) is 4.18. The van der Waals surface area contributed by atoms with Gasteiger partial charge in [0, 0.05) is 17.2 Å². The number of benzene rings is 2. The molecule has 1 aliphatic carbocycles. The van der Waals surface area contributed by atoms with E-state index in [1.165, 1.54) is 32.0 Å². The highest BCUT2D eigenvalue weighted by molar-refractivity contribution is 5.98. The second-order valence-corrected chi connectivity index (χ2v) is 10.1. The Kier molecular flexibility index (Phi) is 10.1. The molecule has 44 heavy (non-hydrogen) atoms.